The van der Waals surface area contributed by atoms with Crippen molar-refractivity contribution in [2.24, 2.45) is 0 Å². The first kappa shape index (κ1) is 8.23. The minimum atomic E-state index is -0.927. The van der Waals surface area contributed by atoms with Crippen LogP contribution in [0.2, 0.25) is 0 Å². The van der Waals surface area contributed by atoms with Crippen LogP contribution in [0.5, 0.6) is 0 Å². The Morgan fingerprint density at radius 2 is 2.31 bits per heavy atom. The van der Waals surface area contributed by atoms with E-state index in [0.717, 1.165) is 5.56 Å². The molecule has 1 atom stereocenters. The fraction of sp³-hybridized carbons (Fsp3) is 0.300. The van der Waals surface area contributed by atoms with E-state index in [-0.39, 0.29) is 5.82 Å². The lowest BCUT2D eigenvalue weighted by Gasteiger charge is -2.05. The quantitative estimate of drug-likeness (QED) is 0.717. The van der Waals surface area contributed by atoms with Gasteiger partial charge in [-0.25, -0.2) is 4.39 Å². The third-order valence-corrected chi connectivity index (χ3v) is 2.49. The monoisotopic (exact) mass is 180 g/mol. The molecule has 0 amide bonds. The van der Waals surface area contributed by atoms with Crippen molar-refractivity contribution in [2.45, 2.75) is 18.8 Å². The van der Waals surface area contributed by atoms with E-state index in [9.17, 15) is 9.18 Å². The molecular weight excluding hydrogens is 171 g/mol. The Labute approximate surface area is 75.0 Å². The maximum Gasteiger partial charge on any atom is 0.311 e. The van der Waals surface area contributed by atoms with Crippen LogP contribution in [-0.2, 0) is 11.2 Å². The highest BCUT2D eigenvalue weighted by molar-refractivity contribution is 5.77. The van der Waals surface area contributed by atoms with E-state index in [2.05, 4.69) is 0 Å². The lowest BCUT2D eigenvalue weighted by Crippen LogP contribution is -2.09. The molecule has 0 fully saturated rings. The number of hydrogen-bond donors (Lipinski definition) is 1. The van der Waals surface area contributed by atoms with Gasteiger partial charge in [-0.1, -0.05) is 12.1 Å². The molecule has 1 aliphatic carbocycles. The van der Waals surface area contributed by atoms with Gasteiger partial charge in [-0.2, -0.15) is 0 Å². The summed E-state index contributed by atoms with van der Waals surface area (Å²) in [6, 6.07) is 4.74. The van der Waals surface area contributed by atoms with Crippen molar-refractivity contribution in [3.63, 3.8) is 0 Å². The number of carboxylic acids is 1. The molecule has 1 aromatic rings. The molecular formula is C10H9FO2. The van der Waals surface area contributed by atoms with Gasteiger partial charge in [0.25, 0.3) is 0 Å². The molecule has 0 aliphatic heterocycles. The standard InChI is InChI=1S/C10H9FO2/c11-8-3-1-2-6-4-5-7(9(6)8)10(12)13/h1-3,7H,4-5H2,(H,12,13). The first-order valence-electron chi connectivity index (χ1n) is 4.20. The highest BCUT2D eigenvalue weighted by Crippen LogP contribution is 2.34. The average molecular weight is 180 g/mol. The number of hydrogen-bond acceptors (Lipinski definition) is 1. The summed E-state index contributed by atoms with van der Waals surface area (Å²) in [6.07, 6.45) is 1.19. The second-order valence-electron chi connectivity index (χ2n) is 3.24. The summed E-state index contributed by atoms with van der Waals surface area (Å²) in [5.41, 5.74) is 1.22. The largest absolute Gasteiger partial charge is 0.481 e. The van der Waals surface area contributed by atoms with Crippen LogP contribution in [0, 0.1) is 5.82 Å². The summed E-state index contributed by atoms with van der Waals surface area (Å²) in [5, 5.41) is 8.82. The van der Waals surface area contributed by atoms with E-state index >= 15 is 0 Å². The van der Waals surface area contributed by atoms with Crippen LogP contribution in [0.1, 0.15) is 23.5 Å². The van der Waals surface area contributed by atoms with Crippen molar-refractivity contribution >= 4 is 5.97 Å². The Morgan fingerprint density at radius 1 is 1.54 bits per heavy atom. The molecule has 3 heteroatoms. The molecule has 0 spiro atoms. The van der Waals surface area contributed by atoms with E-state index in [4.69, 9.17) is 5.11 Å². The first-order chi connectivity index (χ1) is 6.20. The first-order valence-corrected chi connectivity index (χ1v) is 4.20. The van der Waals surface area contributed by atoms with Gasteiger partial charge in [0.05, 0.1) is 5.92 Å². The van der Waals surface area contributed by atoms with Crippen molar-refractivity contribution in [3.05, 3.63) is 35.1 Å². The number of rotatable bonds is 1. The SMILES string of the molecule is O=C(O)C1CCc2cccc(F)c21. The maximum atomic E-state index is 13.2. The molecule has 0 saturated carbocycles. The number of carboxylic acid groups (broad SMARTS) is 1. The molecule has 1 N–H and O–H groups in total. The van der Waals surface area contributed by atoms with Gasteiger partial charge in [0.2, 0.25) is 0 Å². The maximum absolute atomic E-state index is 13.2. The smallest absolute Gasteiger partial charge is 0.311 e. The highest BCUT2D eigenvalue weighted by atomic mass is 19.1. The van der Waals surface area contributed by atoms with Gasteiger partial charge < -0.3 is 5.11 Å². The Balaban J connectivity index is 2.52. The predicted octanol–water partition coefficient (Wildman–Crippen LogP) is 1.94. The molecule has 0 aromatic heterocycles. The van der Waals surface area contributed by atoms with Crippen molar-refractivity contribution in [3.8, 4) is 0 Å². The molecule has 68 valence electrons. The van der Waals surface area contributed by atoms with Gasteiger partial charge >= 0.3 is 5.97 Å². The second kappa shape index (κ2) is 2.83. The van der Waals surface area contributed by atoms with Crippen LogP contribution in [0.15, 0.2) is 18.2 Å². The second-order valence-corrected chi connectivity index (χ2v) is 3.24. The summed E-state index contributed by atoms with van der Waals surface area (Å²) in [6.45, 7) is 0. The van der Waals surface area contributed by atoms with Crippen LogP contribution in [-0.4, -0.2) is 11.1 Å². The van der Waals surface area contributed by atoms with Gasteiger partial charge in [-0.15, -0.1) is 0 Å². The van der Waals surface area contributed by atoms with Crippen LogP contribution in [0.4, 0.5) is 4.39 Å². The van der Waals surface area contributed by atoms with Crippen LogP contribution in [0.3, 0.4) is 0 Å². The number of benzene rings is 1. The molecule has 0 bridgehead atoms. The average Bonchev–Trinajstić information content (AvgIpc) is 2.49. The van der Waals surface area contributed by atoms with Gasteiger partial charge in [0, 0.05) is 5.56 Å². The predicted molar refractivity (Wildman–Crippen MR) is 45.1 cm³/mol. The molecule has 0 saturated heterocycles. The fourth-order valence-electron chi connectivity index (χ4n) is 1.88. The Morgan fingerprint density at radius 3 is 3.00 bits per heavy atom. The van der Waals surface area contributed by atoms with Crippen molar-refractivity contribution < 1.29 is 14.3 Å². The lowest BCUT2D eigenvalue weighted by molar-refractivity contribution is -0.138. The molecule has 1 aromatic carbocycles. The Hall–Kier alpha value is -1.38. The molecule has 1 unspecified atom stereocenters. The molecule has 0 radical (unpaired) electrons. The van der Waals surface area contributed by atoms with Crippen LogP contribution in [0.25, 0.3) is 0 Å². The van der Waals surface area contributed by atoms with Crippen LogP contribution < -0.4 is 0 Å². The van der Waals surface area contributed by atoms with Gasteiger partial charge in [-0.05, 0) is 24.5 Å². The van der Waals surface area contributed by atoms with E-state index in [1.807, 2.05) is 0 Å². The fourth-order valence-corrected chi connectivity index (χ4v) is 1.88. The molecule has 0 heterocycles. The number of aryl methyl sites for hydroxylation is 1. The topological polar surface area (TPSA) is 37.3 Å². The van der Waals surface area contributed by atoms with E-state index in [0.29, 0.717) is 18.4 Å². The number of fused-ring (bicyclic) bond motifs is 1. The number of aliphatic carboxylic acids is 1. The van der Waals surface area contributed by atoms with E-state index in [1.165, 1.54) is 6.07 Å². The zero-order valence-corrected chi connectivity index (χ0v) is 6.96. The minimum Gasteiger partial charge on any atom is -0.481 e. The molecule has 13 heavy (non-hydrogen) atoms. The Kier molecular flexibility index (Phi) is 1.79. The molecule has 1 aliphatic rings. The summed E-state index contributed by atoms with van der Waals surface area (Å²) in [4.78, 5) is 10.7. The molecule has 2 nitrogen and oxygen atoms in total. The van der Waals surface area contributed by atoms with Gasteiger partial charge in [0.15, 0.2) is 0 Å². The summed E-state index contributed by atoms with van der Waals surface area (Å²) in [5.74, 6) is -1.96. The Bertz CT molecular complexity index is 360. The van der Waals surface area contributed by atoms with E-state index in [1.54, 1.807) is 12.1 Å². The lowest BCUT2D eigenvalue weighted by atomic mass is 10.0. The zero-order chi connectivity index (χ0) is 9.42. The van der Waals surface area contributed by atoms with Crippen molar-refractivity contribution in [1.82, 2.24) is 0 Å². The van der Waals surface area contributed by atoms with Gasteiger partial charge in [0.1, 0.15) is 5.82 Å². The minimum absolute atomic E-state index is 0.384. The zero-order valence-electron chi connectivity index (χ0n) is 6.96. The third kappa shape index (κ3) is 1.20. The number of halogens is 1. The van der Waals surface area contributed by atoms with Crippen molar-refractivity contribution in [2.75, 3.05) is 0 Å². The summed E-state index contributed by atoms with van der Waals surface area (Å²) >= 11 is 0. The van der Waals surface area contributed by atoms with Gasteiger partial charge in [-0.3, -0.25) is 4.79 Å². The third-order valence-electron chi connectivity index (χ3n) is 2.49. The van der Waals surface area contributed by atoms with Crippen molar-refractivity contribution in [1.29, 1.82) is 0 Å². The van der Waals surface area contributed by atoms with E-state index < -0.39 is 11.9 Å². The number of carbonyl (C=O) groups is 1. The highest BCUT2D eigenvalue weighted by Gasteiger charge is 2.30. The van der Waals surface area contributed by atoms with Crippen LogP contribution >= 0.6 is 0 Å². The normalized spacial score (nSPS) is 19.9. The molecule has 2 rings (SSSR count). The summed E-state index contributed by atoms with van der Waals surface area (Å²) < 4.78 is 13.2. The summed E-state index contributed by atoms with van der Waals surface area (Å²) in [7, 11) is 0.